The maximum Gasteiger partial charge on any atom is 0.308 e. The molecule has 0 unspecified atom stereocenters. The van der Waals surface area contributed by atoms with E-state index in [0.717, 1.165) is 4.90 Å². The van der Waals surface area contributed by atoms with Crippen LogP contribution in [-0.4, -0.2) is 38.0 Å². The topological polar surface area (TPSA) is 105 Å². The van der Waals surface area contributed by atoms with Crippen LogP contribution in [-0.2, 0) is 6.54 Å². The molecule has 2 aromatic rings. The molecule has 0 bridgehead atoms. The number of benzene rings is 1. The molecule has 8 nitrogen and oxygen atoms in total. The maximum absolute atomic E-state index is 13.9. The van der Waals surface area contributed by atoms with Crippen molar-refractivity contribution in [2.24, 2.45) is 0 Å². The van der Waals surface area contributed by atoms with Crippen molar-refractivity contribution in [1.82, 2.24) is 20.1 Å². The average Bonchev–Trinajstić information content (AvgIpc) is 2.92. The molecular formula is C11H9F2N5O3. The van der Waals surface area contributed by atoms with Gasteiger partial charge < -0.3 is 4.90 Å². The third kappa shape index (κ3) is 2.99. The van der Waals surface area contributed by atoms with Gasteiger partial charge in [0, 0.05) is 7.05 Å². The Morgan fingerprint density at radius 1 is 1.48 bits per heavy atom. The van der Waals surface area contributed by atoms with E-state index in [2.05, 4.69) is 15.2 Å². The fraction of sp³-hybridized carbons (Fsp3) is 0.182. The highest BCUT2D eigenvalue weighted by molar-refractivity contribution is 5.95. The summed E-state index contributed by atoms with van der Waals surface area (Å²) in [5.41, 5.74) is -1.81. The van der Waals surface area contributed by atoms with Gasteiger partial charge in [-0.2, -0.15) is 9.49 Å². The van der Waals surface area contributed by atoms with Crippen molar-refractivity contribution < 1.29 is 18.5 Å². The minimum absolute atomic E-state index is 0.0391. The number of nitro benzene ring substituents is 1. The Hall–Kier alpha value is -2.91. The number of hydrogen-bond donors (Lipinski definition) is 1. The van der Waals surface area contributed by atoms with Crippen LogP contribution in [0.4, 0.5) is 14.5 Å². The highest BCUT2D eigenvalue weighted by Gasteiger charge is 2.26. The second-order valence-electron chi connectivity index (χ2n) is 4.14. The first-order valence-corrected chi connectivity index (χ1v) is 5.63. The Kier molecular flexibility index (Phi) is 3.87. The normalized spacial score (nSPS) is 10.4. The average molecular weight is 297 g/mol. The largest absolute Gasteiger partial charge is 0.334 e. The number of hydrogen-bond acceptors (Lipinski definition) is 5. The molecule has 1 aromatic heterocycles. The molecule has 0 radical (unpaired) electrons. The molecule has 10 heteroatoms. The molecule has 1 heterocycles. The van der Waals surface area contributed by atoms with Crippen molar-refractivity contribution in [1.29, 1.82) is 0 Å². The number of nitrogens with one attached hydrogen (secondary N) is 1. The fourth-order valence-electron chi connectivity index (χ4n) is 1.67. The predicted octanol–water partition coefficient (Wildman–Crippen LogP) is 1.26. The zero-order valence-electron chi connectivity index (χ0n) is 10.7. The van der Waals surface area contributed by atoms with E-state index in [-0.39, 0.29) is 6.54 Å². The number of halogens is 2. The van der Waals surface area contributed by atoms with E-state index < -0.39 is 33.7 Å². The number of aromatic amines is 1. The first-order chi connectivity index (χ1) is 9.90. The molecule has 110 valence electrons. The van der Waals surface area contributed by atoms with Crippen LogP contribution in [0.1, 0.15) is 16.2 Å². The Morgan fingerprint density at radius 2 is 2.19 bits per heavy atom. The number of rotatable bonds is 4. The third-order valence-corrected chi connectivity index (χ3v) is 2.64. The Labute approximate surface area is 116 Å². The molecule has 21 heavy (non-hydrogen) atoms. The van der Waals surface area contributed by atoms with Crippen LogP contribution in [0.5, 0.6) is 0 Å². The number of nitro groups is 1. The lowest BCUT2D eigenvalue weighted by Gasteiger charge is -2.15. The van der Waals surface area contributed by atoms with E-state index >= 15 is 0 Å². The molecular weight excluding hydrogens is 288 g/mol. The summed E-state index contributed by atoms with van der Waals surface area (Å²) >= 11 is 0. The summed E-state index contributed by atoms with van der Waals surface area (Å²) in [5.74, 6) is -3.03. The van der Waals surface area contributed by atoms with Crippen molar-refractivity contribution in [3.05, 3.63) is 51.6 Å². The Balaban J connectivity index is 2.32. The van der Waals surface area contributed by atoms with Gasteiger partial charge in [-0.3, -0.25) is 20.0 Å². The van der Waals surface area contributed by atoms with Gasteiger partial charge in [-0.05, 0) is 6.07 Å². The molecule has 0 aliphatic heterocycles. The highest BCUT2D eigenvalue weighted by atomic mass is 19.1. The van der Waals surface area contributed by atoms with Gasteiger partial charge in [0.1, 0.15) is 18.0 Å². The monoisotopic (exact) mass is 297 g/mol. The molecule has 0 spiro atoms. The third-order valence-electron chi connectivity index (χ3n) is 2.64. The summed E-state index contributed by atoms with van der Waals surface area (Å²) < 4.78 is 27.2. The number of aromatic nitrogens is 3. The van der Waals surface area contributed by atoms with E-state index in [9.17, 15) is 23.7 Å². The van der Waals surface area contributed by atoms with E-state index in [0.29, 0.717) is 18.0 Å². The molecule has 0 fully saturated rings. The van der Waals surface area contributed by atoms with Crippen molar-refractivity contribution in [2.75, 3.05) is 7.05 Å². The summed E-state index contributed by atoms with van der Waals surface area (Å²) in [6.45, 7) is -0.0391. The minimum atomic E-state index is -1.38. The van der Waals surface area contributed by atoms with Crippen molar-refractivity contribution in [2.45, 2.75) is 6.54 Å². The van der Waals surface area contributed by atoms with Crippen molar-refractivity contribution in [3.8, 4) is 0 Å². The van der Waals surface area contributed by atoms with Crippen LogP contribution in [0.2, 0.25) is 0 Å². The van der Waals surface area contributed by atoms with Crippen LogP contribution in [0.15, 0.2) is 18.5 Å². The lowest BCUT2D eigenvalue weighted by Crippen LogP contribution is -2.28. The zero-order valence-corrected chi connectivity index (χ0v) is 10.7. The molecule has 1 N–H and O–H groups in total. The van der Waals surface area contributed by atoms with Crippen LogP contribution < -0.4 is 0 Å². The van der Waals surface area contributed by atoms with E-state index in [1.807, 2.05) is 0 Å². The summed E-state index contributed by atoms with van der Waals surface area (Å²) in [7, 11) is 1.32. The van der Waals surface area contributed by atoms with Gasteiger partial charge in [-0.15, -0.1) is 0 Å². The minimum Gasteiger partial charge on any atom is -0.334 e. The molecule has 0 aliphatic rings. The number of amides is 1. The number of H-pyrrole nitrogens is 1. The predicted molar refractivity (Wildman–Crippen MR) is 65.2 cm³/mol. The van der Waals surface area contributed by atoms with E-state index in [1.54, 1.807) is 0 Å². The molecule has 0 aliphatic carbocycles. The Bertz CT molecular complexity index is 689. The van der Waals surface area contributed by atoms with Crippen molar-refractivity contribution in [3.63, 3.8) is 0 Å². The van der Waals surface area contributed by atoms with Gasteiger partial charge in [0.05, 0.1) is 23.1 Å². The number of carbonyl (C=O) groups is 1. The maximum atomic E-state index is 13.9. The first-order valence-electron chi connectivity index (χ1n) is 5.63. The second-order valence-corrected chi connectivity index (χ2v) is 4.14. The first kappa shape index (κ1) is 14.5. The zero-order chi connectivity index (χ0) is 15.6. The summed E-state index contributed by atoms with van der Waals surface area (Å²) in [4.78, 5) is 26.4. The van der Waals surface area contributed by atoms with Crippen LogP contribution >= 0.6 is 0 Å². The Morgan fingerprint density at radius 3 is 2.76 bits per heavy atom. The molecule has 2 rings (SSSR count). The van der Waals surface area contributed by atoms with Crippen molar-refractivity contribution >= 4 is 11.6 Å². The van der Waals surface area contributed by atoms with Gasteiger partial charge in [-0.25, -0.2) is 9.37 Å². The molecule has 0 saturated heterocycles. The quantitative estimate of drug-likeness (QED) is 0.675. The second kappa shape index (κ2) is 5.61. The van der Waals surface area contributed by atoms with Gasteiger partial charge in [0.15, 0.2) is 0 Å². The molecule has 1 amide bonds. The smallest absolute Gasteiger partial charge is 0.308 e. The summed E-state index contributed by atoms with van der Waals surface area (Å²) in [6.07, 6.45) is 1.22. The highest BCUT2D eigenvalue weighted by Crippen LogP contribution is 2.23. The van der Waals surface area contributed by atoms with E-state index in [1.165, 1.54) is 13.4 Å². The summed E-state index contributed by atoms with van der Waals surface area (Å²) in [5, 5.41) is 16.7. The molecule has 0 saturated carbocycles. The molecule has 0 atom stereocenters. The SMILES string of the molecule is CN(Cc1ncn[nH]1)C(=O)c1cc(F)cc([N+](=O)[O-])c1F. The van der Waals surface area contributed by atoms with Gasteiger partial charge >= 0.3 is 5.69 Å². The fourth-order valence-corrected chi connectivity index (χ4v) is 1.67. The lowest BCUT2D eigenvalue weighted by molar-refractivity contribution is -0.387. The van der Waals surface area contributed by atoms with Crippen LogP contribution in [0.25, 0.3) is 0 Å². The van der Waals surface area contributed by atoms with E-state index in [4.69, 9.17) is 0 Å². The van der Waals surface area contributed by atoms with Gasteiger partial charge in [0.2, 0.25) is 5.82 Å². The van der Waals surface area contributed by atoms with Gasteiger partial charge in [-0.1, -0.05) is 0 Å². The van der Waals surface area contributed by atoms with Gasteiger partial charge in [0.25, 0.3) is 5.91 Å². The molecule has 1 aromatic carbocycles. The number of nitrogens with zero attached hydrogens (tertiary/aromatic N) is 4. The number of carbonyl (C=O) groups excluding carboxylic acids is 1. The summed E-state index contributed by atoms with van der Waals surface area (Å²) in [6, 6.07) is 1.03. The van der Waals surface area contributed by atoms with Crippen LogP contribution in [0, 0.1) is 21.7 Å². The standard InChI is InChI=1S/C11H9F2N5O3/c1-17(4-9-14-5-15-16-9)11(19)7-2-6(12)3-8(10(7)13)18(20)21/h2-3,5H,4H2,1H3,(H,14,15,16). The lowest BCUT2D eigenvalue weighted by atomic mass is 10.1. The van der Waals surface area contributed by atoms with Crippen LogP contribution in [0.3, 0.4) is 0 Å².